The van der Waals surface area contributed by atoms with E-state index >= 15 is 0 Å². The fourth-order valence-corrected chi connectivity index (χ4v) is 3.47. The third-order valence-corrected chi connectivity index (χ3v) is 4.66. The van der Waals surface area contributed by atoms with E-state index in [1.54, 1.807) is 25.6 Å². The Morgan fingerprint density at radius 2 is 2.15 bits per heavy atom. The Labute approximate surface area is 122 Å². The summed E-state index contributed by atoms with van der Waals surface area (Å²) >= 11 is 1.73. The number of fused-ring (bicyclic) bond motifs is 1. The van der Waals surface area contributed by atoms with Crippen molar-refractivity contribution in [1.82, 2.24) is 10.3 Å². The van der Waals surface area contributed by atoms with Gasteiger partial charge in [0.1, 0.15) is 16.5 Å². The van der Waals surface area contributed by atoms with Gasteiger partial charge in [0.15, 0.2) is 0 Å². The van der Waals surface area contributed by atoms with Crippen LogP contribution in [0.3, 0.4) is 0 Å². The van der Waals surface area contributed by atoms with Crippen LogP contribution >= 0.6 is 11.3 Å². The second-order valence-corrected chi connectivity index (χ2v) is 6.02. The second kappa shape index (κ2) is 5.42. The van der Waals surface area contributed by atoms with Crippen LogP contribution in [0.4, 0.5) is 0 Å². The van der Waals surface area contributed by atoms with Crippen molar-refractivity contribution in [2.24, 2.45) is 0 Å². The van der Waals surface area contributed by atoms with Crippen LogP contribution in [0.2, 0.25) is 0 Å². The Bertz CT molecular complexity index is 624. The van der Waals surface area contributed by atoms with Crippen LogP contribution in [0.15, 0.2) is 18.2 Å². The molecule has 0 saturated carbocycles. The standard InChI is InChI=1S/C15H18N2O2S/c1-9-6-12-14(8-16-9)20-15(17-12)11-7-10(18-2)4-5-13(11)19-3/h4-5,7,9,16H,6,8H2,1-3H3. The summed E-state index contributed by atoms with van der Waals surface area (Å²) in [6.45, 7) is 3.09. The highest BCUT2D eigenvalue weighted by atomic mass is 32.1. The number of rotatable bonds is 3. The fourth-order valence-electron chi connectivity index (χ4n) is 2.41. The fraction of sp³-hybridized carbons (Fsp3) is 0.400. The summed E-state index contributed by atoms with van der Waals surface area (Å²) in [5.74, 6) is 1.65. The van der Waals surface area contributed by atoms with Crippen LogP contribution in [0.25, 0.3) is 10.6 Å². The van der Waals surface area contributed by atoms with Crippen LogP contribution in [0, 0.1) is 0 Å². The molecule has 3 rings (SSSR count). The van der Waals surface area contributed by atoms with Gasteiger partial charge in [-0.1, -0.05) is 0 Å². The Morgan fingerprint density at radius 1 is 1.30 bits per heavy atom. The lowest BCUT2D eigenvalue weighted by molar-refractivity contribution is 0.404. The molecule has 1 aromatic carbocycles. The van der Waals surface area contributed by atoms with Crippen molar-refractivity contribution >= 4 is 11.3 Å². The van der Waals surface area contributed by atoms with Crippen LogP contribution in [-0.2, 0) is 13.0 Å². The molecule has 2 aromatic rings. The first kappa shape index (κ1) is 13.4. The molecule has 1 unspecified atom stereocenters. The van der Waals surface area contributed by atoms with E-state index in [-0.39, 0.29) is 0 Å². The van der Waals surface area contributed by atoms with Crippen molar-refractivity contribution in [1.29, 1.82) is 0 Å². The summed E-state index contributed by atoms with van der Waals surface area (Å²) in [7, 11) is 3.35. The molecule has 0 amide bonds. The summed E-state index contributed by atoms with van der Waals surface area (Å²) in [6.07, 6.45) is 0.984. The van der Waals surface area contributed by atoms with Gasteiger partial charge in [-0.05, 0) is 25.1 Å². The lowest BCUT2D eigenvalue weighted by Crippen LogP contribution is -2.32. The Morgan fingerprint density at radius 3 is 2.90 bits per heavy atom. The molecule has 1 atom stereocenters. The summed E-state index contributed by atoms with van der Waals surface area (Å²) < 4.78 is 10.8. The number of methoxy groups -OCH3 is 2. The van der Waals surface area contributed by atoms with E-state index in [0.717, 1.165) is 35.0 Å². The summed E-state index contributed by atoms with van der Waals surface area (Å²) in [5, 5.41) is 4.47. The predicted octanol–water partition coefficient (Wildman–Crippen LogP) is 2.86. The molecule has 0 bridgehead atoms. The van der Waals surface area contributed by atoms with Gasteiger partial charge >= 0.3 is 0 Å². The highest BCUT2D eigenvalue weighted by Crippen LogP contribution is 2.37. The second-order valence-electron chi connectivity index (χ2n) is 4.94. The zero-order chi connectivity index (χ0) is 14.1. The first-order chi connectivity index (χ1) is 9.71. The van der Waals surface area contributed by atoms with Crippen LogP contribution in [0.1, 0.15) is 17.5 Å². The average Bonchev–Trinajstić information content (AvgIpc) is 2.89. The van der Waals surface area contributed by atoms with E-state index < -0.39 is 0 Å². The number of benzene rings is 1. The molecule has 0 saturated heterocycles. The molecule has 0 fully saturated rings. The maximum atomic E-state index is 5.45. The molecule has 0 aliphatic carbocycles. The molecule has 1 aliphatic heterocycles. The molecule has 0 radical (unpaired) electrons. The minimum atomic E-state index is 0.490. The average molecular weight is 290 g/mol. The summed E-state index contributed by atoms with van der Waals surface area (Å²) in [5.41, 5.74) is 2.21. The van der Waals surface area contributed by atoms with Crippen molar-refractivity contribution in [2.75, 3.05) is 14.2 Å². The van der Waals surface area contributed by atoms with Crippen molar-refractivity contribution < 1.29 is 9.47 Å². The summed E-state index contributed by atoms with van der Waals surface area (Å²) in [4.78, 5) is 6.12. The molecule has 20 heavy (non-hydrogen) atoms. The number of ether oxygens (including phenoxy) is 2. The Kier molecular flexibility index (Phi) is 3.63. The number of nitrogens with zero attached hydrogens (tertiary/aromatic N) is 1. The molecule has 0 spiro atoms. The van der Waals surface area contributed by atoms with Crippen molar-refractivity contribution in [3.63, 3.8) is 0 Å². The highest BCUT2D eigenvalue weighted by Gasteiger charge is 2.21. The molecular formula is C15H18N2O2S. The molecule has 2 heterocycles. The molecule has 1 N–H and O–H groups in total. The van der Waals surface area contributed by atoms with E-state index in [1.807, 2.05) is 18.2 Å². The van der Waals surface area contributed by atoms with Crippen LogP contribution in [0.5, 0.6) is 11.5 Å². The molecule has 5 heteroatoms. The number of aromatic nitrogens is 1. The van der Waals surface area contributed by atoms with Gasteiger partial charge < -0.3 is 14.8 Å². The van der Waals surface area contributed by atoms with Gasteiger partial charge in [-0.3, -0.25) is 0 Å². The Hall–Kier alpha value is -1.59. The first-order valence-corrected chi connectivity index (χ1v) is 7.47. The van der Waals surface area contributed by atoms with Gasteiger partial charge in [0.25, 0.3) is 0 Å². The van der Waals surface area contributed by atoms with E-state index in [4.69, 9.17) is 14.5 Å². The van der Waals surface area contributed by atoms with Crippen molar-refractivity contribution in [3.05, 3.63) is 28.8 Å². The molecule has 1 aromatic heterocycles. The van der Waals surface area contributed by atoms with E-state index in [2.05, 4.69) is 12.2 Å². The summed E-state index contributed by atoms with van der Waals surface area (Å²) in [6, 6.07) is 6.30. The minimum absolute atomic E-state index is 0.490. The monoisotopic (exact) mass is 290 g/mol. The van der Waals surface area contributed by atoms with E-state index in [1.165, 1.54) is 10.6 Å². The van der Waals surface area contributed by atoms with Gasteiger partial charge in [0.05, 0.1) is 25.5 Å². The predicted molar refractivity (Wildman–Crippen MR) is 80.7 cm³/mol. The van der Waals surface area contributed by atoms with Gasteiger partial charge in [-0.15, -0.1) is 11.3 Å². The van der Waals surface area contributed by atoms with E-state index in [9.17, 15) is 0 Å². The van der Waals surface area contributed by atoms with Gasteiger partial charge in [0, 0.05) is 23.9 Å². The Balaban J connectivity index is 2.04. The van der Waals surface area contributed by atoms with Crippen LogP contribution < -0.4 is 14.8 Å². The van der Waals surface area contributed by atoms with E-state index in [0.29, 0.717) is 6.04 Å². The maximum absolute atomic E-state index is 5.45. The third kappa shape index (κ3) is 2.39. The number of hydrogen-bond donors (Lipinski definition) is 1. The van der Waals surface area contributed by atoms with Crippen molar-refractivity contribution in [2.45, 2.75) is 25.9 Å². The zero-order valence-electron chi connectivity index (χ0n) is 11.9. The van der Waals surface area contributed by atoms with Gasteiger partial charge in [-0.25, -0.2) is 4.98 Å². The molecule has 106 valence electrons. The number of thiazole rings is 1. The zero-order valence-corrected chi connectivity index (χ0v) is 12.7. The number of hydrogen-bond acceptors (Lipinski definition) is 5. The van der Waals surface area contributed by atoms with Crippen LogP contribution in [-0.4, -0.2) is 25.2 Å². The van der Waals surface area contributed by atoms with Crippen molar-refractivity contribution in [3.8, 4) is 22.1 Å². The molecular weight excluding hydrogens is 272 g/mol. The SMILES string of the molecule is COc1ccc(OC)c(-c2nc3c(s2)CNC(C)C3)c1. The third-order valence-electron chi connectivity index (χ3n) is 3.53. The largest absolute Gasteiger partial charge is 0.497 e. The van der Waals surface area contributed by atoms with Gasteiger partial charge in [-0.2, -0.15) is 0 Å². The number of nitrogens with one attached hydrogen (secondary N) is 1. The lowest BCUT2D eigenvalue weighted by Gasteiger charge is -2.18. The maximum Gasteiger partial charge on any atom is 0.129 e. The normalized spacial score (nSPS) is 17.6. The highest BCUT2D eigenvalue weighted by molar-refractivity contribution is 7.15. The lowest BCUT2D eigenvalue weighted by atomic mass is 10.1. The molecule has 4 nitrogen and oxygen atoms in total. The first-order valence-electron chi connectivity index (χ1n) is 6.65. The molecule has 1 aliphatic rings. The minimum Gasteiger partial charge on any atom is -0.497 e. The van der Waals surface area contributed by atoms with Gasteiger partial charge in [0.2, 0.25) is 0 Å². The smallest absolute Gasteiger partial charge is 0.129 e. The topological polar surface area (TPSA) is 43.4 Å². The quantitative estimate of drug-likeness (QED) is 0.944.